The van der Waals surface area contributed by atoms with Crippen molar-refractivity contribution in [2.75, 3.05) is 5.32 Å². The van der Waals surface area contributed by atoms with Crippen molar-refractivity contribution in [1.29, 1.82) is 0 Å². The van der Waals surface area contributed by atoms with E-state index >= 15 is 0 Å². The van der Waals surface area contributed by atoms with E-state index in [1.165, 1.54) is 0 Å². The molecule has 0 aliphatic rings. The molecule has 3 nitrogen and oxygen atoms in total. The highest BCUT2D eigenvalue weighted by molar-refractivity contribution is 6.35. The number of carbonyl (C=O) groups is 1. The first-order chi connectivity index (χ1) is 15.9. The van der Waals surface area contributed by atoms with E-state index in [0.717, 1.165) is 22.4 Å². The molecule has 0 fully saturated rings. The summed E-state index contributed by atoms with van der Waals surface area (Å²) in [5, 5.41) is 4.57. The van der Waals surface area contributed by atoms with Crippen molar-refractivity contribution in [2.24, 2.45) is 0 Å². The van der Waals surface area contributed by atoms with Gasteiger partial charge < -0.3 is 10.1 Å². The number of nitrogens with one attached hydrogen (secondary N) is 1. The van der Waals surface area contributed by atoms with Crippen LogP contribution in [-0.2, 0) is 0 Å². The molecule has 0 saturated heterocycles. The Morgan fingerprint density at radius 3 is 2.18 bits per heavy atom. The van der Waals surface area contributed by atoms with Crippen LogP contribution in [0, 0.1) is 6.92 Å². The van der Waals surface area contributed by atoms with Crippen molar-refractivity contribution in [3.8, 4) is 5.75 Å². The zero-order valence-electron chi connectivity index (χ0n) is 17.7. The van der Waals surface area contributed by atoms with Crippen molar-refractivity contribution in [2.45, 2.75) is 13.0 Å². The minimum atomic E-state index is -0.491. The molecule has 166 valence electrons. The largest absolute Gasteiger partial charge is 0.481 e. The lowest BCUT2D eigenvalue weighted by atomic mass is 10.0. The molecule has 0 radical (unpaired) electrons. The molecule has 4 aromatic rings. The maximum atomic E-state index is 12.7. The molecule has 0 heterocycles. The second kappa shape index (κ2) is 10.3. The fraction of sp³-hybridized carbons (Fsp3) is 0.0741. The molecule has 1 atom stereocenters. The van der Waals surface area contributed by atoms with E-state index in [-0.39, 0.29) is 5.91 Å². The number of halogens is 3. The fourth-order valence-electron chi connectivity index (χ4n) is 3.44. The van der Waals surface area contributed by atoms with Crippen molar-refractivity contribution >= 4 is 46.4 Å². The van der Waals surface area contributed by atoms with Crippen LogP contribution in [0.1, 0.15) is 33.2 Å². The van der Waals surface area contributed by atoms with E-state index in [4.69, 9.17) is 39.5 Å². The predicted octanol–water partition coefficient (Wildman–Crippen LogP) is 8.38. The smallest absolute Gasteiger partial charge is 0.255 e. The molecule has 1 unspecified atom stereocenters. The number of carbonyl (C=O) groups excluding carboxylic acids is 1. The van der Waals surface area contributed by atoms with Crippen LogP contribution >= 0.6 is 34.8 Å². The lowest BCUT2D eigenvalue weighted by molar-refractivity contribution is 0.102. The maximum absolute atomic E-state index is 12.7. The molecule has 1 amide bonds. The maximum Gasteiger partial charge on any atom is 0.255 e. The predicted molar refractivity (Wildman–Crippen MR) is 136 cm³/mol. The van der Waals surface area contributed by atoms with Gasteiger partial charge in [-0.15, -0.1) is 0 Å². The number of ether oxygens (including phenoxy) is 1. The van der Waals surface area contributed by atoms with Gasteiger partial charge in [0.1, 0.15) is 5.75 Å². The highest BCUT2D eigenvalue weighted by Gasteiger charge is 2.21. The van der Waals surface area contributed by atoms with Crippen LogP contribution in [0.25, 0.3) is 0 Å². The summed E-state index contributed by atoms with van der Waals surface area (Å²) in [6, 6.07) is 27.4. The van der Waals surface area contributed by atoms with Gasteiger partial charge in [0.15, 0.2) is 6.10 Å². The molecule has 1 N–H and O–H groups in total. The van der Waals surface area contributed by atoms with E-state index < -0.39 is 6.10 Å². The van der Waals surface area contributed by atoms with Gasteiger partial charge in [0.25, 0.3) is 5.91 Å². The Morgan fingerprint density at radius 2 is 1.52 bits per heavy atom. The first kappa shape index (κ1) is 23.2. The van der Waals surface area contributed by atoms with E-state index in [1.54, 1.807) is 42.5 Å². The summed E-state index contributed by atoms with van der Waals surface area (Å²) < 4.78 is 6.43. The van der Waals surface area contributed by atoms with E-state index in [0.29, 0.717) is 26.4 Å². The summed E-state index contributed by atoms with van der Waals surface area (Å²) in [4.78, 5) is 12.7. The second-order valence-corrected chi connectivity index (χ2v) is 8.80. The molecular formula is C27H20Cl3NO2. The van der Waals surface area contributed by atoms with Gasteiger partial charge in [-0.3, -0.25) is 4.79 Å². The quantitative estimate of drug-likeness (QED) is 0.291. The topological polar surface area (TPSA) is 38.3 Å². The Labute approximate surface area is 207 Å². The van der Waals surface area contributed by atoms with Gasteiger partial charge in [0, 0.05) is 31.9 Å². The standard InChI is InChI=1S/C27H20Cl3NO2/c1-17-15-19(27(32)31-22-5-3-2-4-6-22)9-14-25(17)33-26(18-7-10-20(28)11-8-18)23-13-12-21(29)16-24(23)30/h2-16,26H,1H3,(H,31,32). The molecule has 0 aliphatic carbocycles. The Morgan fingerprint density at radius 1 is 0.818 bits per heavy atom. The summed E-state index contributed by atoms with van der Waals surface area (Å²) in [6.45, 7) is 1.90. The Bertz CT molecular complexity index is 1270. The van der Waals surface area contributed by atoms with Crippen LogP contribution < -0.4 is 10.1 Å². The molecule has 6 heteroatoms. The first-order valence-corrected chi connectivity index (χ1v) is 11.4. The lowest BCUT2D eigenvalue weighted by Gasteiger charge is -2.23. The minimum Gasteiger partial charge on any atom is -0.481 e. The van der Waals surface area contributed by atoms with Gasteiger partial charge in [-0.2, -0.15) is 0 Å². The molecule has 0 aromatic heterocycles. The Kier molecular flexibility index (Phi) is 7.24. The third-order valence-corrected chi connectivity index (χ3v) is 5.95. The van der Waals surface area contributed by atoms with Crippen molar-refractivity contribution in [1.82, 2.24) is 0 Å². The van der Waals surface area contributed by atoms with Crippen LogP contribution in [-0.4, -0.2) is 5.91 Å². The SMILES string of the molecule is Cc1cc(C(=O)Nc2ccccc2)ccc1OC(c1ccc(Cl)cc1)c1ccc(Cl)cc1Cl. The molecule has 0 bridgehead atoms. The average Bonchev–Trinajstić information content (AvgIpc) is 2.80. The van der Waals surface area contributed by atoms with Gasteiger partial charge in [0.2, 0.25) is 0 Å². The number of aryl methyl sites for hydroxylation is 1. The third-order valence-electron chi connectivity index (χ3n) is 5.13. The third kappa shape index (κ3) is 5.69. The zero-order chi connectivity index (χ0) is 23.4. The second-order valence-electron chi connectivity index (χ2n) is 7.52. The van der Waals surface area contributed by atoms with Gasteiger partial charge in [0.05, 0.1) is 0 Å². The monoisotopic (exact) mass is 495 g/mol. The molecule has 0 aliphatic heterocycles. The minimum absolute atomic E-state index is 0.189. The summed E-state index contributed by atoms with van der Waals surface area (Å²) in [6.07, 6.45) is -0.491. The normalized spacial score (nSPS) is 11.6. The van der Waals surface area contributed by atoms with Gasteiger partial charge in [-0.05, 0) is 72.6 Å². The van der Waals surface area contributed by atoms with Crippen molar-refractivity contribution in [3.05, 3.63) is 128 Å². The summed E-state index contributed by atoms with van der Waals surface area (Å²) in [7, 11) is 0. The van der Waals surface area contributed by atoms with Crippen molar-refractivity contribution < 1.29 is 9.53 Å². The molecule has 0 saturated carbocycles. The van der Waals surface area contributed by atoms with E-state index in [1.807, 2.05) is 55.5 Å². The highest BCUT2D eigenvalue weighted by atomic mass is 35.5. The van der Waals surface area contributed by atoms with Gasteiger partial charge >= 0.3 is 0 Å². The van der Waals surface area contributed by atoms with Crippen LogP contribution in [0.3, 0.4) is 0 Å². The molecular weight excluding hydrogens is 477 g/mol. The number of benzene rings is 4. The van der Waals surface area contributed by atoms with Gasteiger partial charge in [-0.25, -0.2) is 0 Å². The summed E-state index contributed by atoms with van der Waals surface area (Å²) in [5.41, 5.74) is 3.75. The van der Waals surface area contributed by atoms with Crippen LogP contribution in [0.15, 0.2) is 91.0 Å². The summed E-state index contributed by atoms with van der Waals surface area (Å²) >= 11 is 18.7. The molecule has 33 heavy (non-hydrogen) atoms. The summed E-state index contributed by atoms with van der Waals surface area (Å²) in [5.74, 6) is 0.447. The number of hydrogen-bond acceptors (Lipinski definition) is 2. The van der Waals surface area contributed by atoms with Crippen LogP contribution in [0.2, 0.25) is 15.1 Å². The lowest BCUT2D eigenvalue weighted by Crippen LogP contribution is -2.13. The fourth-order valence-corrected chi connectivity index (χ4v) is 4.07. The number of anilines is 1. The van der Waals surface area contributed by atoms with E-state index in [2.05, 4.69) is 5.32 Å². The number of hydrogen-bond donors (Lipinski definition) is 1. The Hall–Kier alpha value is -2.98. The Balaban J connectivity index is 1.63. The average molecular weight is 497 g/mol. The number of rotatable bonds is 6. The van der Waals surface area contributed by atoms with Crippen LogP contribution in [0.4, 0.5) is 5.69 Å². The van der Waals surface area contributed by atoms with Crippen LogP contribution in [0.5, 0.6) is 5.75 Å². The number of amides is 1. The molecule has 4 rings (SSSR count). The highest BCUT2D eigenvalue weighted by Crippen LogP contribution is 2.36. The number of para-hydroxylation sites is 1. The van der Waals surface area contributed by atoms with Gasteiger partial charge in [-0.1, -0.05) is 71.2 Å². The molecule has 0 spiro atoms. The van der Waals surface area contributed by atoms with Crippen molar-refractivity contribution in [3.63, 3.8) is 0 Å². The molecule has 4 aromatic carbocycles. The zero-order valence-corrected chi connectivity index (χ0v) is 20.0. The van der Waals surface area contributed by atoms with E-state index in [9.17, 15) is 4.79 Å². The first-order valence-electron chi connectivity index (χ1n) is 10.2.